The number of nitrogens with zero attached hydrogens (tertiary/aromatic N) is 10. The van der Waals surface area contributed by atoms with E-state index in [0.29, 0.717) is 62.9 Å². The Morgan fingerprint density at radius 3 is 1.62 bits per heavy atom. The molecular formula is C52H52Cl4N12O10. The predicted molar refractivity (Wildman–Crippen MR) is 298 cm³/mol. The molecule has 0 spiro atoms. The number of carboxylic acids is 2. The molecule has 0 radical (unpaired) electrons. The van der Waals surface area contributed by atoms with Crippen molar-refractivity contribution in [1.29, 1.82) is 0 Å². The number of methoxy groups -OCH3 is 2. The fraction of sp³-hybridized carbons (Fsp3) is 0.231. The van der Waals surface area contributed by atoms with E-state index in [1.165, 1.54) is 41.5 Å². The molecule has 26 heteroatoms. The number of fused-ring (bicyclic) bond motifs is 2. The van der Waals surface area contributed by atoms with Gasteiger partial charge >= 0.3 is 11.9 Å². The molecule has 9 rings (SSSR count). The number of rotatable bonds is 12. The van der Waals surface area contributed by atoms with Gasteiger partial charge in [-0.15, -0.1) is 34.8 Å². The van der Waals surface area contributed by atoms with E-state index in [1.807, 2.05) is 36.4 Å². The fourth-order valence-corrected chi connectivity index (χ4v) is 7.66. The number of nitrogens with two attached hydrogens (primary N) is 1. The number of halogens is 4. The molecule has 1 aliphatic heterocycles. The highest BCUT2D eigenvalue weighted by molar-refractivity contribution is 6.67. The van der Waals surface area contributed by atoms with E-state index in [4.69, 9.17) is 76.8 Å². The van der Waals surface area contributed by atoms with Gasteiger partial charge in [-0.2, -0.15) is 0 Å². The normalized spacial score (nSPS) is 12.1. The highest BCUT2D eigenvalue weighted by Gasteiger charge is 2.21. The van der Waals surface area contributed by atoms with Crippen LogP contribution < -0.4 is 31.6 Å². The topological polar surface area (TPSA) is 293 Å². The summed E-state index contributed by atoms with van der Waals surface area (Å²) in [5.41, 5.74) is 7.89. The van der Waals surface area contributed by atoms with Crippen molar-refractivity contribution in [2.24, 2.45) is 0 Å². The first-order valence-corrected chi connectivity index (χ1v) is 25.2. The molecule has 78 heavy (non-hydrogen) atoms. The standard InChI is InChI=1S/C21H25N5O2.C15H12ClN3O2.C8H7ClN2O3.C6H6N2O2.C2H2Cl2O/c1-24-10-5-11-25(13-12-24)15-20-23-17-14-22-9-8-16(17)21(27)26(20)18-6-3-4-7-19(18)28-2;1-21-13-5-3-2-4-12(13)19-14(8-16)18-11-9-17-7-6-10(11)15(19)20;9-3-7(12)11-6-4-10-2-1-5(6)8(13)14;7-5-3-8-2-1-4(5)6(9)10;3-1-2(4)5/h3-4,6-9,14H,5,10-13,15H2,1-2H3;2-7,9H,8H2,1H3;1-2,4H,3H2,(H,11,12)(H,13,14);1-3H,7H2,(H,9,10);1H2. The molecule has 1 saturated heterocycles. The molecule has 5 N–H and O–H groups in total. The van der Waals surface area contributed by atoms with E-state index in [2.05, 4.69) is 47.1 Å². The minimum Gasteiger partial charge on any atom is -0.495 e. The molecule has 2 aromatic carbocycles. The highest BCUT2D eigenvalue weighted by Crippen LogP contribution is 2.25. The van der Waals surface area contributed by atoms with Crippen molar-refractivity contribution in [3.05, 3.63) is 166 Å². The lowest BCUT2D eigenvalue weighted by molar-refractivity contribution is -0.114. The van der Waals surface area contributed by atoms with Crippen molar-refractivity contribution >= 4 is 103 Å². The number of anilines is 2. The molecule has 8 aromatic rings. The van der Waals surface area contributed by atoms with Crippen LogP contribution in [-0.4, -0.2) is 141 Å². The van der Waals surface area contributed by atoms with Crippen molar-refractivity contribution in [3.8, 4) is 22.9 Å². The van der Waals surface area contributed by atoms with Gasteiger partial charge in [0.05, 0.1) is 113 Å². The first kappa shape index (κ1) is 60.7. The van der Waals surface area contributed by atoms with E-state index in [1.54, 1.807) is 67.8 Å². The van der Waals surface area contributed by atoms with Crippen LogP contribution in [0, 0.1) is 0 Å². The monoisotopic (exact) mass is 1140 g/mol. The second kappa shape index (κ2) is 30.6. The van der Waals surface area contributed by atoms with Gasteiger partial charge < -0.3 is 35.6 Å². The number of hydrogen-bond donors (Lipinski definition) is 4. The first-order chi connectivity index (χ1) is 37.6. The summed E-state index contributed by atoms with van der Waals surface area (Å²) in [5.74, 6) is -0.448. The third kappa shape index (κ3) is 16.7. The smallest absolute Gasteiger partial charge is 0.337 e. The number of alkyl halides is 3. The Morgan fingerprint density at radius 2 is 1.13 bits per heavy atom. The highest BCUT2D eigenvalue weighted by atomic mass is 35.5. The summed E-state index contributed by atoms with van der Waals surface area (Å²) in [6, 6.07) is 20.9. The number of likely N-dealkylation sites (N-methyl/N-ethyl adjacent to an activating group) is 1. The van der Waals surface area contributed by atoms with Crippen LogP contribution in [0.2, 0.25) is 0 Å². The van der Waals surface area contributed by atoms with Gasteiger partial charge in [0.2, 0.25) is 11.1 Å². The van der Waals surface area contributed by atoms with Crippen LogP contribution in [0.15, 0.2) is 132 Å². The SMILES string of the molecule is COc1ccccc1-n1c(CCl)nc2cnccc2c1=O.COc1ccccc1-n1c(CN2CCCN(C)CC2)nc2cnccc2c1=O.Nc1cnccc1C(=O)O.O=C(CCl)Nc1cnccc1C(=O)O.O=C(Cl)CCl. The maximum absolute atomic E-state index is 13.4. The molecule has 408 valence electrons. The summed E-state index contributed by atoms with van der Waals surface area (Å²) in [5, 5.41) is 20.1. The number of carbonyl (C=O) groups excluding carboxylic acids is 2. The minimum atomic E-state index is -1.13. The van der Waals surface area contributed by atoms with Crippen LogP contribution >= 0.6 is 46.4 Å². The Hall–Kier alpha value is -8.12. The first-order valence-electron chi connectivity index (χ1n) is 23.2. The lowest BCUT2D eigenvalue weighted by Gasteiger charge is -2.22. The number of benzene rings is 2. The summed E-state index contributed by atoms with van der Waals surface area (Å²) in [6.07, 6.45) is 12.8. The van der Waals surface area contributed by atoms with E-state index in [-0.39, 0.29) is 51.3 Å². The predicted octanol–water partition coefficient (Wildman–Crippen LogP) is 6.76. The van der Waals surface area contributed by atoms with Gasteiger partial charge in [0.25, 0.3) is 11.1 Å². The zero-order valence-corrected chi connectivity index (χ0v) is 45.2. The van der Waals surface area contributed by atoms with Gasteiger partial charge in [0, 0.05) is 37.9 Å². The maximum Gasteiger partial charge on any atom is 0.337 e. The summed E-state index contributed by atoms with van der Waals surface area (Å²) < 4.78 is 14.0. The number of nitrogen functional groups attached to an aromatic ring is 1. The van der Waals surface area contributed by atoms with E-state index < -0.39 is 23.1 Å². The average molecular weight is 1150 g/mol. The third-order valence-corrected chi connectivity index (χ3v) is 12.1. The van der Waals surface area contributed by atoms with Crippen LogP contribution in [0.3, 0.4) is 0 Å². The van der Waals surface area contributed by atoms with Gasteiger partial charge in [-0.3, -0.25) is 53.1 Å². The third-order valence-electron chi connectivity index (χ3n) is 11.1. The Morgan fingerprint density at radius 1 is 0.641 bits per heavy atom. The number of amides is 1. The lowest BCUT2D eigenvalue weighted by Crippen LogP contribution is -2.33. The maximum atomic E-state index is 13.4. The number of para-hydroxylation sites is 4. The number of carbonyl (C=O) groups is 4. The number of aromatic carboxylic acids is 2. The Labute approximate surface area is 466 Å². The van der Waals surface area contributed by atoms with E-state index in [0.717, 1.165) is 32.6 Å². The van der Waals surface area contributed by atoms with E-state index in [9.17, 15) is 28.8 Å². The Bertz CT molecular complexity index is 3480. The van der Waals surface area contributed by atoms with Gasteiger partial charge in [0.1, 0.15) is 29.0 Å². The van der Waals surface area contributed by atoms with Crippen LogP contribution in [-0.2, 0) is 22.0 Å². The lowest BCUT2D eigenvalue weighted by atomic mass is 10.2. The van der Waals surface area contributed by atoms with Crippen molar-refractivity contribution < 1.29 is 38.9 Å². The number of pyridine rings is 4. The minimum absolute atomic E-state index is 0.0153. The molecule has 0 atom stereocenters. The van der Waals surface area contributed by atoms with Crippen molar-refractivity contribution in [2.45, 2.75) is 18.8 Å². The van der Waals surface area contributed by atoms with Crippen LogP contribution in [0.1, 0.15) is 38.8 Å². The summed E-state index contributed by atoms with van der Waals surface area (Å²) in [7, 11) is 5.32. The van der Waals surface area contributed by atoms with Gasteiger partial charge in [0.15, 0.2) is 0 Å². The number of carboxylic acid groups (broad SMARTS) is 2. The summed E-state index contributed by atoms with van der Waals surface area (Å²) >= 11 is 20.8. The van der Waals surface area contributed by atoms with E-state index >= 15 is 0 Å². The molecule has 0 unspecified atom stereocenters. The molecule has 6 aromatic heterocycles. The molecule has 0 aliphatic carbocycles. The summed E-state index contributed by atoms with van der Waals surface area (Å²) in [6.45, 7) is 4.63. The fourth-order valence-electron chi connectivity index (χ4n) is 7.41. The molecule has 22 nitrogen and oxygen atoms in total. The molecule has 1 fully saturated rings. The number of nitrogens with one attached hydrogen (secondary N) is 1. The number of ether oxygens (including phenoxy) is 2. The van der Waals surface area contributed by atoms with Crippen molar-refractivity contribution in [1.82, 2.24) is 48.8 Å². The summed E-state index contributed by atoms with van der Waals surface area (Å²) in [4.78, 5) is 96.9. The van der Waals surface area contributed by atoms with Gasteiger partial charge in [-0.05, 0) is 86.7 Å². The Balaban J connectivity index is 0.000000197. The number of aromatic nitrogens is 8. The van der Waals surface area contributed by atoms with Crippen LogP contribution in [0.4, 0.5) is 11.4 Å². The average Bonchev–Trinajstić information content (AvgIpc) is 3.69. The second-order valence-electron chi connectivity index (χ2n) is 16.2. The molecule has 0 bridgehead atoms. The second-order valence-corrected chi connectivity index (χ2v) is 17.4. The largest absolute Gasteiger partial charge is 0.495 e. The molecule has 1 aliphatic rings. The Kier molecular flexibility index (Phi) is 23.8. The van der Waals surface area contributed by atoms with Gasteiger partial charge in [-0.1, -0.05) is 24.3 Å². The van der Waals surface area contributed by atoms with Gasteiger partial charge in [-0.25, -0.2) is 19.6 Å². The molecule has 1 amide bonds. The molecule has 0 saturated carbocycles. The zero-order chi connectivity index (χ0) is 56.7. The molecular weight excluding hydrogens is 1090 g/mol. The zero-order valence-electron chi connectivity index (χ0n) is 42.1. The number of hydrogen-bond acceptors (Lipinski definition) is 17. The van der Waals surface area contributed by atoms with Crippen molar-refractivity contribution in [3.63, 3.8) is 0 Å². The van der Waals surface area contributed by atoms with Crippen molar-refractivity contribution in [2.75, 3.05) is 70.3 Å². The van der Waals surface area contributed by atoms with Crippen LogP contribution in [0.25, 0.3) is 33.2 Å². The van der Waals surface area contributed by atoms with Crippen LogP contribution in [0.5, 0.6) is 11.5 Å². The quantitative estimate of drug-likeness (QED) is 0.0725. The molecule has 7 heterocycles.